The summed E-state index contributed by atoms with van der Waals surface area (Å²) >= 11 is 0. The average molecular weight is 429 g/mol. The van der Waals surface area contributed by atoms with E-state index < -0.39 is 5.97 Å². The van der Waals surface area contributed by atoms with Crippen molar-refractivity contribution >= 4 is 17.9 Å². The number of nitrogens with zero attached hydrogens (tertiary/aromatic N) is 1. The van der Waals surface area contributed by atoms with Crippen molar-refractivity contribution in [2.45, 2.75) is 6.92 Å². The average Bonchev–Trinajstić information content (AvgIpc) is 3.18. The van der Waals surface area contributed by atoms with Gasteiger partial charge >= 0.3 is 5.97 Å². The molecule has 0 aromatic heterocycles. The van der Waals surface area contributed by atoms with E-state index in [2.05, 4.69) is 4.99 Å². The maximum Gasteiger partial charge on any atom is 0.363 e. The summed E-state index contributed by atoms with van der Waals surface area (Å²) in [6.45, 7) is 2.78. The van der Waals surface area contributed by atoms with Gasteiger partial charge in [-0.1, -0.05) is 36.4 Å². The largest absolute Gasteiger partial charge is 0.493 e. The fourth-order valence-electron chi connectivity index (χ4n) is 3.18. The van der Waals surface area contributed by atoms with Crippen LogP contribution >= 0.6 is 0 Å². The molecule has 0 saturated carbocycles. The maximum atomic E-state index is 12.2. The summed E-state index contributed by atoms with van der Waals surface area (Å²) in [5.41, 5.74) is 2.86. The number of aliphatic imine (C=N–C) groups is 1. The van der Waals surface area contributed by atoms with Crippen molar-refractivity contribution < 1.29 is 23.7 Å². The van der Waals surface area contributed by atoms with Gasteiger partial charge in [0.1, 0.15) is 19.0 Å². The first-order chi connectivity index (χ1) is 15.6. The second-order valence-electron chi connectivity index (χ2n) is 7.13. The highest BCUT2D eigenvalue weighted by molar-refractivity contribution is 6.12. The minimum absolute atomic E-state index is 0.228. The van der Waals surface area contributed by atoms with Crippen LogP contribution in [0.4, 0.5) is 0 Å². The Hall–Kier alpha value is -4.06. The molecule has 0 unspecified atom stereocenters. The van der Waals surface area contributed by atoms with Gasteiger partial charge in [-0.25, -0.2) is 9.79 Å². The first-order valence-electron chi connectivity index (χ1n) is 10.2. The molecule has 32 heavy (non-hydrogen) atoms. The predicted molar refractivity (Wildman–Crippen MR) is 122 cm³/mol. The fraction of sp³-hybridized carbons (Fsp3) is 0.154. The van der Waals surface area contributed by atoms with Crippen molar-refractivity contribution in [3.63, 3.8) is 0 Å². The molecular formula is C26H23NO5. The van der Waals surface area contributed by atoms with Crippen molar-refractivity contribution in [2.24, 2.45) is 4.99 Å². The third-order valence-electron chi connectivity index (χ3n) is 4.73. The van der Waals surface area contributed by atoms with E-state index in [1.54, 1.807) is 25.3 Å². The molecule has 6 heteroatoms. The van der Waals surface area contributed by atoms with E-state index in [1.807, 2.05) is 67.6 Å². The van der Waals surface area contributed by atoms with Crippen molar-refractivity contribution in [1.29, 1.82) is 0 Å². The van der Waals surface area contributed by atoms with Crippen molar-refractivity contribution in [1.82, 2.24) is 0 Å². The highest BCUT2D eigenvalue weighted by Crippen LogP contribution is 2.30. The van der Waals surface area contributed by atoms with Crippen LogP contribution in [0, 0.1) is 6.92 Å². The van der Waals surface area contributed by atoms with E-state index in [0.717, 1.165) is 22.4 Å². The lowest BCUT2D eigenvalue weighted by atomic mass is 10.1. The van der Waals surface area contributed by atoms with Gasteiger partial charge in [0.15, 0.2) is 17.2 Å². The van der Waals surface area contributed by atoms with Crippen LogP contribution in [0.15, 0.2) is 83.5 Å². The molecule has 0 aliphatic carbocycles. The first-order valence-corrected chi connectivity index (χ1v) is 10.2. The van der Waals surface area contributed by atoms with Gasteiger partial charge in [-0.15, -0.1) is 0 Å². The van der Waals surface area contributed by atoms with Gasteiger partial charge in [0, 0.05) is 5.56 Å². The summed E-state index contributed by atoms with van der Waals surface area (Å²) in [4.78, 5) is 16.5. The molecule has 1 aliphatic heterocycles. The second kappa shape index (κ2) is 9.83. The lowest BCUT2D eigenvalue weighted by Crippen LogP contribution is -2.09. The van der Waals surface area contributed by atoms with Gasteiger partial charge in [0.25, 0.3) is 0 Å². The molecule has 0 saturated heterocycles. The van der Waals surface area contributed by atoms with Crippen LogP contribution in [0.2, 0.25) is 0 Å². The van der Waals surface area contributed by atoms with Crippen molar-refractivity contribution in [2.75, 3.05) is 20.3 Å². The molecule has 162 valence electrons. The molecule has 1 aliphatic rings. The number of carbonyl (C=O) groups is 1. The smallest absolute Gasteiger partial charge is 0.363 e. The van der Waals surface area contributed by atoms with Gasteiger partial charge in [0.2, 0.25) is 5.90 Å². The summed E-state index contributed by atoms with van der Waals surface area (Å²) in [6, 6.07) is 22.6. The Morgan fingerprint density at radius 2 is 1.72 bits per heavy atom. The Balaban J connectivity index is 1.42. The molecular weight excluding hydrogens is 406 g/mol. The quantitative estimate of drug-likeness (QED) is 0.292. The normalized spacial score (nSPS) is 14.1. The van der Waals surface area contributed by atoms with Gasteiger partial charge in [0.05, 0.1) is 7.11 Å². The molecule has 0 atom stereocenters. The second-order valence-corrected chi connectivity index (χ2v) is 7.13. The highest BCUT2D eigenvalue weighted by atomic mass is 16.6. The molecule has 0 N–H and O–H groups in total. The Bertz CT molecular complexity index is 1170. The Morgan fingerprint density at radius 3 is 2.50 bits per heavy atom. The molecule has 0 amide bonds. The molecule has 3 aromatic rings. The SMILES string of the molecule is COc1cc(/C=C2/N=C(c3ccccc3)OC2=O)ccc1OCCOc1cccc(C)c1. The summed E-state index contributed by atoms with van der Waals surface area (Å²) in [5.74, 6) is 1.75. The van der Waals surface area contributed by atoms with E-state index in [1.165, 1.54) is 0 Å². The van der Waals surface area contributed by atoms with Crippen LogP contribution in [-0.4, -0.2) is 32.2 Å². The molecule has 0 bridgehead atoms. The van der Waals surface area contributed by atoms with E-state index >= 15 is 0 Å². The summed E-state index contributed by atoms with van der Waals surface area (Å²) in [7, 11) is 1.57. The van der Waals surface area contributed by atoms with Crippen LogP contribution in [0.25, 0.3) is 6.08 Å². The number of hydrogen-bond donors (Lipinski definition) is 0. The van der Waals surface area contributed by atoms with E-state index in [-0.39, 0.29) is 5.70 Å². The standard InChI is InChI=1S/C26H23NO5/c1-18-7-6-10-21(15-18)30-13-14-31-23-12-11-19(17-24(23)29-2)16-22-26(28)32-25(27-22)20-8-4-3-5-9-20/h3-12,15-17H,13-14H2,1-2H3/b22-16+. The minimum atomic E-state index is -0.489. The predicted octanol–water partition coefficient (Wildman–Crippen LogP) is 4.81. The topological polar surface area (TPSA) is 66.4 Å². The van der Waals surface area contributed by atoms with Gasteiger partial charge in [-0.05, 0) is 60.5 Å². The van der Waals surface area contributed by atoms with Gasteiger partial charge in [-0.2, -0.15) is 0 Å². The van der Waals surface area contributed by atoms with E-state index in [4.69, 9.17) is 18.9 Å². The third kappa shape index (κ3) is 5.16. The van der Waals surface area contributed by atoms with Crippen molar-refractivity contribution in [3.05, 3.63) is 95.2 Å². The summed E-state index contributed by atoms with van der Waals surface area (Å²) < 4.78 is 22.3. The van der Waals surface area contributed by atoms with Crippen LogP contribution < -0.4 is 14.2 Å². The molecule has 3 aromatic carbocycles. The number of hydrogen-bond acceptors (Lipinski definition) is 6. The molecule has 6 nitrogen and oxygen atoms in total. The van der Waals surface area contributed by atoms with E-state index in [0.29, 0.717) is 30.6 Å². The molecule has 0 fully saturated rings. The van der Waals surface area contributed by atoms with Crippen LogP contribution in [0.5, 0.6) is 17.2 Å². The highest BCUT2D eigenvalue weighted by Gasteiger charge is 2.24. The zero-order valence-corrected chi connectivity index (χ0v) is 17.9. The van der Waals surface area contributed by atoms with Crippen molar-refractivity contribution in [3.8, 4) is 17.2 Å². The minimum Gasteiger partial charge on any atom is -0.493 e. The number of methoxy groups -OCH3 is 1. The fourth-order valence-corrected chi connectivity index (χ4v) is 3.18. The molecule has 1 heterocycles. The molecule has 4 rings (SSSR count). The van der Waals surface area contributed by atoms with Gasteiger partial charge in [-0.3, -0.25) is 0 Å². The number of esters is 1. The number of ether oxygens (including phenoxy) is 4. The first kappa shape index (κ1) is 21.2. The lowest BCUT2D eigenvalue weighted by Gasteiger charge is -2.12. The van der Waals surface area contributed by atoms with Crippen LogP contribution in [0.3, 0.4) is 0 Å². The molecule has 0 spiro atoms. The summed E-state index contributed by atoms with van der Waals surface area (Å²) in [5, 5.41) is 0. The summed E-state index contributed by atoms with van der Waals surface area (Å²) in [6.07, 6.45) is 1.66. The number of cyclic esters (lactones) is 1. The van der Waals surface area contributed by atoms with E-state index in [9.17, 15) is 4.79 Å². The molecule has 0 radical (unpaired) electrons. The Morgan fingerprint density at radius 1 is 0.906 bits per heavy atom. The Kier molecular flexibility index (Phi) is 6.51. The number of carbonyl (C=O) groups excluding carboxylic acids is 1. The third-order valence-corrected chi connectivity index (χ3v) is 4.73. The zero-order valence-electron chi connectivity index (χ0n) is 17.9. The maximum absolute atomic E-state index is 12.2. The van der Waals surface area contributed by atoms with Crippen LogP contribution in [0.1, 0.15) is 16.7 Å². The monoisotopic (exact) mass is 429 g/mol. The number of rotatable bonds is 8. The van der Waals surface area contributed by atoms with Gasteiger partial charge < -0.3 is 18.9 Å². The number of benzene rings is 3. The van der Waals surface area contributed by atoms with Crippen LogP contribution in [-0.2, 0) is 9.53 Å². The Labute approximate surface area is 186 Å². The lowest BCUT2D eigenvalue weighted by molar-refractivity contribution is -0.129. The zero-order chi connectivity index (χ0) is 22.3. The number of aryl methyl sites for hydroxylation is 1.